The van der Waals surface area contributed by atoms with Gasteiger partial charge in [-0.1, -0.05) is 84.8 Å². The molecule has 0 aliphatic carbocycles. The molecule has 37 heavy (non-hydrogen) atoms. The van der Waals surface area contributed by atoms with Crippen LogP contribution in [0.2, 0.25) is 0 Å². The second-order valence-electron chi connectivity index (χ2n) is 8.78. The molecule has 5 heteroatoms. The predicted octanol–water partition coefficient (Wildman–Crippen LogP) is 7.88. The van der Waals surface area contributed by atoms with Crippen LogP contribution < -0.4 is 0 Å². The fraction of sp³-hybridized carbons (Fsp3) is 0.0625. The van der Waals surface area contributed by atoms with Crippen LogP contribution in [0.1, 0.15) is 24.0 Å². The minimum absolute atomic E-state index is 0. The number of phenolic OH excluding ortho intramolecular Hbond substituents is 1. The van der Waals surface area contributed by atoms with Gasteiger partial charge in [-0.3, -0.25) is 4.98 Å². The summed E-state index contributed by atoms with van der Waals surface area (Å²) in [5, 5.41) is 10.3. The first-order valence-electron chi connectivity index (χ1n) is 11.9. The average molecular weight is 663 g/mol. The topological polar surface area (TPSA) is 59.2 Å². The zero-order valence-corrected chi connectivity index (χ0v) is 22.3. The number of pyridine rings is 1. The normalized spacial score (nSPS) is 11.7. The van der Waals surface area contributed by atoms with E-state index >= 15 is 0 Å². The van der Waals surface area contributed by atoms with Crippen molar-refractivity contribution in [3.05, 3.63) is 127 Å². The Morgan fingerprint density at radius 3 is 2.27 bits per heavy atom. The van der Waals surface area contributed by atoms with Gasteiger partial charge in [0.15, 0.2) is 0 Å². The molecule has 6 rings (SSSR count). The maximum Gasteiger partial charge on any atom is 0.230 e. The Balaban J connectivity index is 0.00000280. The van der Waals surface area contributed by atoms with Crippen LogP contribution in [0, 0.1) is 6.07 Å². The minimum atomic E-state index is 0. The van der Waals surface area contributed by atoms with E-state index < -0.39 is 0 Å². The van der Waals surface area contributed by atoms with Gasteiger partial charge in [0, 0.05) is 33.0 Å². The SMILES string of the molecule is CC(c1ccccc1)c1cc(-c2ccccn2)[c-]c(-c2cccc3oc(-c4ccccc4O)nc23)c1.[Pt]. The fourth-order valence-electron chi connectivity index (χ4n) is 4.52. The molecule has 1 N–H and O–H groups in total. The molecule has 4 nitrogen and oxygen atoms in total. The standard InChI is InChI=1S/C32H23N2O2.Pt/c1-21(22-10-3-2-4-11-22)23-18-24(20-25(19-23)28-14-7-8-17-33-28)26-13-9-16-30-31(26)34-32(36-30)27-12-5-6-15-29(27)35;/h2-19,21,35H,1H3;/q-1;. The average Bonchev–Trinajstić information content (AvgIpc) is 3.38. The molecule has 0 radical (unpaired) electrons. The summed E-state index contributed by atoms with van der Waals surface area (Å²) in [5.41, 5.74) is 7.96. The van der Waals surface area contributed by atoms with E-state index in [0.717, 1.165) is 33.5 Å². The molecule has 2 aromatic heterocycles. The first kappa shape index (κ1) is 24.7. The number of aromatic hydroxyl groups is 1. The number of oxazole rings is 1. The molecular weight excluding hydrogens is 639 g/mol. The van der Waals surface area contributed by atoms with Crippen molar-refractivity contribution >= 4 is 11.1 Å². The maximum absolute atomic E-state index is 10.3. The van der Waals surface area contributed by atoms with Crippen LogP contribution >= 0.6 is 0 Å². The van der Waals surface area contributed by atoms with Gasteiger partial charge in [0.1, 0.15) is 11.3 Å². The fourth-order valence-corrected chi connectivity index (χ4v) is 4.52. The summed E-state index contributed by atoms with van der Waals surface area (Å²) >= 11 is 0. The first-order valence-corrected chi connectivity index (χ1v) is 11.9. The van der Waals surface area contributed by atoms with Crippen molar-refractivity contribution in [2.24, 2.45) is 0 Å². The Morgan fingerprint density at radius 1 is 0.757 bits per heavy atom. The van der Waals surface area contributed by atoms with Gasteiger partial charge >= 0.3 is 0 Å². The van der Waals surface area contributed by atoms with Crippen LogP contribution in [0.25, 0.3) is 44.9 Å². The number of phenols is 1. The van der Waals surface area contributed by atoms with E-state index in [0.29, 0.717) is 17.0 Å². The third kappa shape index (κ3) is 4.85. The van der Waals surface area contributed by atoms with E-state index in [1.165, 1.54) is 5.56 Å². The zero-order valence-electron chi connectivity index (χ0n) is 20.0. The van der Waals surface area contributed by atoms with E-state index in [9.17, 15) is 5.11 Å². The summed E-state index contributed by atoms with van der Waals surface area (Å²) in [6, 6.07) is 37.2. The Bertz CT molecular complexity index is 1660. The van der Waals surface area contributed by atoms with E-state index in [4.69, 9.17) is 9.40 Å². The van der Waals surface area contributed by atoms with Crippen LogP contribution in [-0.2, 0) is 21.1 Å². The number of fused-ring (bicyclic) bond motifs is 1. The van der Waals surface area contributed by atoms with Crippen molar-refractivity contribution in [1.29, 1.82) is 0 Å². The van der Waals surface area contributed by atoms with Crippen molar-refractivity contribution in [2.45, 2.75) is 12.8 Å². The smallest absolute Gasteiger partial charge is 0.230 e. The van der Waals surface area contributed by atoms with Gasteiger partial charge < -0.3 is 9.52 Å². The van der Waals surface area contributed by atoms with Gasteiger partial charge in [0.2, 0.25) is 5.89 Å². The van der Waals surface area contributed by atoms with Crippen molar-refractivity contribution in [2.75, 3.05) is 0 Å². The van der Waals surface area contributed by atoms with Crippen molar-refractivity contribution in [3.8, 4) is 39.6 Å². The number of aromatic nitrogens is 2. The van der Waals surface area contributed by atoms with Gasteiger partial charge in [-0.2, -0.15) is 0 Å². The summed E-state index contributed by atoms with van der Waals surface area (Å²) in [5.74, 6) is 0.693. The summed E-state index contributed by atoms with van der Waals surface area (Å²) in [7, 11) is 0. The number of rotatable bonds is 5. The number of benzene rings is 4. The number of hydrogen-bond donors (Lipinski definition) is 1. The second kappa shape index (κ2) is 10.5. The number of hydrogen-bond acceptors (Lipinski definition) is 4. The van der Waals surface area contributed by atoms with Gasteiger partial charge in [-0.05, 0) is 35.7 Å². The molecule has 184 valence electrons. The van der Waals surface area contributed by atoms with E-state index in [1.807, 2.05) is 48.5 Å². The molecule has 0 saturated carbocycles. The van der Waals surface area contributed by atoms with Crippen molar-refractivity contribution in [3.63, 3.8) is 0 Å². The van der Waals surface area contributed by atoms with Crippen LogP contribution in [0.3, 0.4) is 0 Å². The maximum atomic E-state index is 10.3. The molecule has 6 aromatic rings. The third-order valence-corrected chi connectivity index (χ3v) is 6.48. The number of nitrogens with zero attached hydrogens (tertiary/aromatic N) is 2. The zero-order chi connectivity index (χ0) is 24.5. The summed E-state index contributed by atoms with van der Waals surface area (Å²) in [6.45, 7) is 2.21. The van der Waals surface area contributed by atoms with Crippen LogP contribution in [0.4, 0.5) is 0 Å². The van der Waals surface area contributed by atoms with Gasteiger partial charge in [0.25, 0.3) is 0 Å². The van der Waals surface area contributed by atoms with Gasteiger partial charge in [-0.25, -0.2) is 4.98 Å². The third-order valence-electron chi connectivity index (χ3n) is 6.48. The molecule has 0 saturated heterocycles. The van der Waals surface area contributed by atoms with Crippen LogP contribution in [0.15, 0.2) is 114 Å². The van der Waals surface area contributed by atoms with Crippen molar-refractivity contribution in [1.82, 2.24) is 9.97 Å². The van der Waals surface area contributed by atoms with E-state index in [1.54, 1.807) is 24.4 Å². The van der Waals surface area contributed by atoms with Crippen molar-refractivity contribution < 1.29 is 30.6 Å². The Labute approximate surface area is 229 Å². The molecule has 2 heterocycles. The van der Waals surface area contributed by atoms with Crippen LogP contribution in [0.5, 0.6) is 5.75 Å². The molecular formula is C32H23N2O2Pt-. The molecule has 4 aromatic carbocycles. The Kier molecular flexibility index (Phi) is 7.03. The first-order chi connectivity index (χ1) is 17.7. The van der Waals surface area contributed by atoms with E-state index in [-0.39, 0.29) is 32.7 Å². The summed E-state index contributed by atoms with van der Waals surface area (Å²) < 4.78 is 6.06. The molecule has 1 atom stereocenters. The molecule has 0 bridgehead atoms. The predicted molar refractivity (Wildman–Crippen MR) is 143 cm³/mol. The van der Waals surface area contributed by atoms with Gasteiger partial charge in [-0.15, -0.1) is 29.3 Å². The molecule has 1 unspecified atom stereocenters. The molecule has 0 amide bonds. The molecule has 0 spiro atoms. The van der Waals surface area contributed by atoms with Gasteiger partial charge in [0.05, 0.1) is 11.1 Å². The molecule has 0 aliphatic rings. The van der Waals surface area contributed by atoms with Crippen LogP contribution in [-0.4, -0.2) is 15.1 Å². The van der Waals surface area contributed by atoms with E-state index in [2.05, 4.69) is 54.4 Å². The second-order valence-corrected chi connectivity index (χ2v) is 8.78. The molecule has 0 aliphatic heterocycles. The number of para-hydroxylation sites is 2. The Morgan fingerprint density at radius 2 is 1.49 bits per heavy atom. The molecule has 0 fully saturated rings. The largest absolute Gasteiger partial charge is 0.507 e. The monoisotopic (exact) mass is 662 g/mol. The Hall–Kier alpha value is -4.01. The summed E-state index contributed by atoms with van der Waals surface area (Å²) in [6.07, 6.45) is 1.80. The quantitative estimate of drug-likeness (QED) is 0.191. The summed E-state index contributed by atoms with van der Waals surface area (Å²) in [4.78, 5) is 9.37. The minimum Gasteiger partial charge on any atom is -0.507 e.